The second-order valence-corrected chi connectivity index (χ2v) is 6.86. The number of benzene rings is 1. The lowest BCUT2D eigenvalue weighted by atomic mass is 9.87. The van der Waals surface area contributed by atoms with Gasteiger partial charge in [0, 0.05) is 16.5 Å². The van der Waals surface area contributed by atoms with E-state index in [9.17, 15) is 0 Å². The Labute approximate surface area is 161 Å². The highest BCUT2D eigenvalue weighted by molar-refractivity contribution is 5.83. The van der Waals surface area contributed by atoms with Gasteiger partial charge in [-0.2, -0.15) is 0 Å². The number of aromatic nitrogens is 1. The zero-order valence-corrected chi connectivity index (χ0v) is 18.5. The number of pyridine rings is 1. The fourth-order valence-corrected chi connectivity index (χ4v) is 4.60. The molecule has 0 bridgehead atoms. The molecule has 0 aliphatic heterocycles. The van der Waals surface area contributed by atoms with Crippen LogP contribution in [-0.4, -0.2) is 18.6 Å². The summed E-state index contributed by atoms with van der Waals surface area (Å²) in [5.41, 5.74) is 5.55. The zero-order chi connectivity index (χ0) is 19.9. The Hall–Kier alpha value is -1.41. The van der Waals surface area contributed by atoms with E-state index in [1.54, 1.807) is 0 Å². The Kier molecular flexibility index (Phi) is 8.76. The minimum atomic E-state index is 0.354. The number of aryl methyl sites for hydroxylation is 2. The van der Waals surface area contributed by atoms with Gasteiger partial charge in [0.25, 0.3) is 0 Å². The Bertz CT molecular complexity index is 692. The van der Waals surface area contributed by atoms with Crippen molar-refractivity contribution in [2.45, 2.75) is 73.6 Å². The molecule has 0 amide bonds. The van der Waals surface area contributed by atoms with E-state index in [1.807, 2.05) is 27.7 Å². The number of hydrogen-bond donors (Lipinski definition) is 1. The average molecular weight is 357 g/mol. The van der Waals surface area contributed by atoms with Crippen LogP contribution in [0.2, 0.25) is 0 Å². The molecular formula is C24H40N2. The van der Waals surface area contributed by atoms with Gasteiger partial charge < -0.3 is 5.32 Å². The van der Waals surface area contributed by atoms with Gasteiger partial charge in [0.1, 0.15) is 0 Å². The van der Waals surface area contributed by atoms with E-state index in [0.717, 1.165) is 36.0 Å². The van der Waals surface area contributed by atoms with Crippen LogP contribution in [0.25, 0.3) is 10.9 Å². The molecule has 3 unspecified atom stereocenters. The number of nitrogens with one attached hydrogen (secondary N) is 1. The number of nitrogens with zero attached hydrogens (tertiary/aromatic N) is 1. The highest BCUT2D eigenvalue weighted by Crippen LogP contribution is 2.61. The Morgan fingerprint density at radius 2 is 1.73 bits per heavy atom. The number of rotatable bonds is 5. The maximum atomic E-state index is 4.72. The van der Waals surface area contributed by atoms with Crippen LogP contribution in [0.1, 0.15) is 71.7 Å². The summed E-state index contributed by atoms with van der Waals surface area (Å²) in [6.07, 6.45) is 2.28. The standard InChI is InChI=1S/C20H28N2.2C2H6/c1-6-15-10-13(3)22-19-9-8-16(11-17(15)19)20(7-2)14(4)18(20)12-21-5;2*1-2/h8-11,14,18,21H,6-7,12H2,1-5H3;2*1-2H3. The predicted octanol–water partition coefficient (Wildman–Crippen LogP) is 6.29. The monoisotopic (exact) mass is 356 g/mol. The molecule has 0 radical (unpaired) electrons. The van der Waals surface area contributed by atoms with Gasteiger partial charge in [-0.1, -0.05) is 54.5 Å². The normalized spacial score (nSPS) is 23.6. The van der Waals surface area contributed by atoms with Crippen LogP contribution in [0.5, 0.6) is 0 Å². The largest absolute Gasteiger partial charge is 0.319 e. The van der Waals surface area contributed by atoms with Crippen LogP contribution >= 0.6 is 0 Å². The summed E-state index contributed by atoms with van der Waals surface area (Å²) in [4.78, 5) is 4.72. The highest BCUT2D eigenvalue weighted by Gasteiger charge is 2.60. The molecule has 0 saturated heterocycles. The molecule has 1 aromatic heterocycles. The maximum absolute atomic E-state index is 4.72. The van der Waals surface area contributed by atoms with Crippen LogP contribution in [0.3, 0.4) is 0 Å². The molecule has 2 aromatic rings. The lowest BCUT2D eigenvalue weighted by Crippen LogP contribution is -2.17. The third-order valence-corrected chi connectivity index (χ3v) is 5.92. The molecule has 2 heteroatoms. The van der Waals surface area contributed by atoms with E-state index >= 15 is 0 Å². The predicted molar refractivity (Wildman–Crippen MR) is 117 cm³/mol. The van der Waals surface area contributed by atoms with Crippen molar-refractivity contribution in [3.63, 3.8) is 0 Å². The lowest BCUT2D eigenvalue weighted by molar-refractivity contribution is 0.556. The van der Waals surface area contributed by atoms with E-state index in [0.29, 0.717) is 5.41 Å². The zero-order valence-electron chi connectivity index (χ0n) is 18.5. The summed E-state index contributed by atoms with van der Waals surface area (Å²) in [5, 5.41) is 4.72. The van der Waals surface area contributed by atoms with Crippen molar-refractivity contribution in [1.29, 1.82) is 0 Å². The van der Waals surface area contributed by atoms with Crippen LogP contribution in [0, 0.1) is 18.8 Å². The second kappa shape index (κ2) is 10.1. The molecule has 2 nitrogen and oxygen atoms in total. The van der Waals surface area contributed by atoms with E-state index in [4.69, 9.17) is 4.98 Å². The van der Waals surface area contributed by atoms with Gasteiger partial charge in [-0.05, 0) is 74.5 Å². The average Bonchev–Trinajstić information content (AvgIpc) is 3.27. The van der Waals surface area contributed by atoms with E-state index in [-0.39, 0.29) is 0 Å². The minimum Gasteiger partial charge on any atom is -0.319 e. The molecule has 1 saturated carbocycles. The minimum absolute atomic E-state index is 0.354. The Balaban J connectivity index is 0.000000791. The van der Waals surface area contributed by atoms with Gasteiger partial charge in [-0.25, -0.2) is 0 Å². The summed E-state index contributed by atoms with van der Waals surface area (Å²) in [6, 6.07) is 9.22. The van der Waals surface area contributed by atoms with Crippen molar-refractivity contribution in [3.05, 3.63) is 41.1 Å². The van der Waals surface area contributed by atoms with Crippen molar-refractivity contribution in [2.75, 3.05) is 13.6 Å². The van der Waals surface area contributed by atoms with Crippen molar-refractivity contribution >= 4 is 10.9 Å². The molecule has 1 fully saturated rings. The fraction of sp³-hybridized carbons (Fsp3) is 0.625. The van der Waals surface area contributed by atoms with Gasteiger partial charge in [0.05, 0.1) is 5.52 Å². The molecule has 146 valence electrons. The number of fused-ring (bicyclic) bond motifs is 1. The maximum Gasteiger partial charge on any atom is 0.0708 e. The topological polar surface area (TPSA) is 24.9 Å². The summed E-state index contributed by atoms with van der Waals surface area (Å²) in [6.45, 7) is 18.2. The molecule has 1 aliphatic rings. The first-order valence-electron chi connectivity index (χ1n) is 10.6. The Morgan fingerprint density at radius 1 is 1.08 bits per heavy atom. The quantitative estimate of drug-likeness (QED) is 0.681. The molecule has 1 heterocycles. The van der Waals surface area contributed by atoms with Crippen LogP contribution in [-0.2, 0) is 11.8 Å². The van der Waals surface area contributed by atoms with E-state index in [2.05, 4.69) is 64.3 Å². The second-order valence-electron chi connectivity index (χ2n) is 6.86. The van der Waals surface area contributed by atoms with Crippen molar-refractivity contribution in [2.24, 2.45) is 11.8 Å². The lowest BCUT2D eigenvalue weighted by Gasteiger charge is -2.18. The molecular weight excluding hydrogens is 316 g/mol. The van der Waals surface area contributed by atoms with Crippen molar-refractivity contribution in [1.82, 2.24) is 10.3 Å². The molecule has 1 aliphatic carbocycles. The van der Waals surface area contributed by atoms with Crippen LogP contribution in [0.15, 0.2) is 24.3 Å². The SMILES string of the molecule is CC.CC.CCc1cc(C)nc2ccc(C3(CC)C(C)C3CNC)cc12. The molecule has 1 N–H and O–H groups in total. The van der Waals surface area contributed by atoms with Gasteiger partial charge in [0.15, 0.2) is 0 Å². The van der Waals surface area contributed by atoms with E-state index < -0.39 is 0 Å². The summed E-state index contributed by atoms with van der Waals surface area (Å²) >= 11 is 0. The smallest absolute Gasteiger partial charge is 0.0708 e. The van der Waals surface area contributed by atoms with Gasteiger partial charge in [0.2, 0.25) is 0 Å². The molecule has 3 atom stereocenters. The Morgan fingerprint density at radius 3 is 2.27 bits per heavy atom. The van der Waals surface area contributed by atoms with Gasteiger partial charge in [-0.15, -0.1) is 0 Å². The first kappa shape index (κ1) is 22.6. The first-order chi connectivity index (χ1) is 12.6. The van der Waals surface area contributed by atoms with Gasteiger partial charge >= 0.3 is 0 Å². The third-order valence-electron chi connectivity index (χ3n) is 5.92. The van der Waals surface area contributed by atoms with Crippen molar-refractivity contribution < 1.29 is 0 Å². The van der Waals surface area contributed by atoms with Gasteiger partial charge in [-0.3, -0.25) is 4.98 Å². The summed E-state index contributed by atoms with van der Waals surface area (Å²) in [5.74, 6) is 1.51. The van der Waals surface area contributed by atoms with Crippen LogP contribution < -0.4 is 5.32 Å². The molecule has 26 heavy (non-hydrogen) atoms. The summed E-state index contributed by atoms with van der Waals surface area (Å²) in [7, 11) is 2.06. The van der Waals surface area contributed by atoms with Crippen molar-refractivity contribution in [3.8, 4) is 0 Å². The highest BCUT2D eigenvalue weighted by atomic mass is 14.9. The molecule has 3 rings (SSSR count). The fourth-order valence-electron chi connectivity index (χ4n) is 4.60. The number of hydrogen-bond acceptors (Lipinski definition) is 2. The molecule has 0 spiro atoms. The summed E-state index contributed by atoms with van der Waals surface area (Å²) < 4.78 is 0. The molecule has 1 aromatic carbocycles. The van der Waals surface area contributed by atoms with Crippen LogP contribution in [0.4, 0.5) is 0 Å². The first-order valence-corrected chi connectivity index (χ1v) is 10.6. The third kappa shape index (κ3) is 3.96. The van der Waals surface area contributed by atoms with E-state index in [1.165, 1.54) is 22.9 Å².